The van der Waals surface area contributed by atoms with Crippen molar-refractivity contribution in [2.24, 2.45) is 7.05 Å². The number of halogens is 3. The summed E-state index contributed by atoms with van der Waals surface area (Å²) in [5.74, 6) is -1.23. The first-order valence-electron chi connectivity index (χ1n) is 25.7. The molecule has 10 rings (SSSR count). The molecule has 4 aliphatic heterocycles. The average molecular weight is 1020 g/mol. The number of nitriles is 1. The number of likely N-dealkylation sites (tertiary alicyclic amines) is 1. The summed E-state index contributed by atoms with van der Waals surface area (Å²) in [6.45, 7) is 7.78. The van der Waals surface area contributed by atoms with Crippen molar-refractivity contribution < 1.29 is 42.1 Å². The summed E-state index contributed by atoms with van der Waals surface area (Å²) in [6.07, 6.45) is 3.15. The van der Waals surface area contributed by atoms with E-state index in [4.69, 9.17) is 9.47 Å². The number of carbonyl (C=O) groups is 3. The van der Waals surface area contributed by atoms with E-state index < -0.39 is 18.3 Å². The Bertz CT molecular complexity index is 3170. The van der Waals surface area contributed by atoms with Crippen LogP contribution in [-0.2, 0) is 48.9 Å². The molecule has 2 aromatic heterocycles. The molecule has 4 aliphatic rings. The van der Waals surface area contributed by atoms with E-state index in [2.05, 4.69) is 21.9 Å². The maximum atomic E-state index is 15.7. The fourth-order valence-electron chi connectivity index (χ4n) is 11.2. The predicted octanol–water partition coefficient (Wildman–Crippen LogP) is 8.70. The van der Waals surface area contributed by atoms with E-state index in [0.29, 0.717) is 91.7 Å². The standard InChI is InChI=1S/C58H61F3N8O6/c1-37-49(57(73)69(44-11-13-47(70)14-12-44)53-30-45(33-62)68(38(53)2)58(60)61)32-54(63(37)3)50-27-40-16-19-66(55(71)29-41-10-15-48(31-52(41)59)75-25-22-64-20-23-74-24-21-64)34-43(40)28-51(50)56(72)67-35-42-9-5-4-8-39(42)26-46(67)36-65-17-6-7-18-65/h4-5,8-15,27-28,30-32,46,58,70H,6-7,16-26,29,34-36H2,1-3H3/t46-/m0/s1. The molecule has 1 atom stereocenters. The van der Waals surface area contributed by atoms with Crippen LogP contribution in [0.25, 0.3) is 11.3 Å². The summed E-state index contributed by atoms with van der Waals surface area (Å²) in [6, 6.07) is 27.1. The number of aromatic nitrogens is 2. The minimum Gasteiger partial charge on any atom is -0.508 e. The molecule has 2 fully saturated rings. The van der Waals surface area contributed by atoms with Crippen molar-refractivity contribution in [1.82, 2.24) is 28.7 Å². The first-order chi connectivity index (χ1) is 36.3. The van der Waals surface area contributed by atoms with E-state index in [-0.39, 0.29) is 70.5 Å². The number of rotatable bonds is 14. The van der Waals surface area contributed by atoms with Gasteiger partial charge < -0.3 is 33.8 Å². The van der Waals surface area contributed by atoms with Crippen molar-refractivity contribution in [3.63, 3.8) is 0 Å². The number of nitrogens with zero attached hydrogens (tertiary/aromatic N) is 8. The second-order valence-corrected chi connectivity index (χ2v) is 20.0. The molecule has 0 saturated carbocycles. The third kappa shape index (κ3) is 10.5. The number of anilines is 2. The number of phenolic OH excluding ortho intramolecular Hbond substituents is 1. The van der Waals surface area contributed by atoms with Crippen LogP contribution in [0.1, 0.15) is 85.0 Å². The number of ether oxygens (including phenoxy) is 2. The zero-order valence-electron chi connectivity index (χ0n) is 42.5. The second-order valence-electron chi connectivity index (χ2n) is 20.0. The van der Waals surface area contributed by atoms with Gasteiger partial charge in [0.05, 0.1) is 30.9 Å². The zero-order valence-corrected chi connectivity index (χ0v) is 42.5. The molecule has 0 aliphatic carbocycles. The zero-order chi connectivity index (χ0) is 52.5. The Hall–Kier alpha value is -7.39. The third-order valence-electron chi connectivity index (χ3n) is 15.5. The van der Waals surface area contributed by atoms with Crippen molar-refractivity contribution in [2.75, 3.05) is 70.5 Å². The Morgan fingerprint density at radius 3 is 2.29 bits per heavy atom. The third-order valence-corrected chi connectivity index (χ3v) is 15.5. The minimum atomic E-state index is -3.05. The van der Waals surface area contributed by atoms with Gasteiger partial charge in [0.15, 0.2) is 0 Å². The average Bonchev–Trinajstić information content (AvgIpc) is 4.16. The van der Waals surface area contributed by atoms with E-state index in [1.165, 1.54) is 53.8 Å². The molecule has 0 radical (unpaired) electrons. The highest BCUT2D eigenvalue weighted by Crippen LogP contribution is 2.40. The second kappa shape index (κ2) is 21.8. The number of phenols is 1. The van der Waals surface area contributed by atoms with Crippen LogP contribution in [0.15, 0.2) is 91.0 Å². The van der Waals surface area contributed by atoms with Gasteiger partial charge in [-0.1, -0.05) is 30.3 Å². The number of alkyl halides is 2. The maximum Gasteiger partial charge on any atom is 0.319 e. The van der Waals surface area contributed by atoms with Crippen molar-refractivity contribution in [2.45, 2.75) is 71.6 Å². The van der Waals surface area contributed by atoms with Gasteiger partial charge in [0.1, 0.15) is 35.7 Å². The molecule has 75 heavy (non-hydrogen) atoms. The van der Waals surface area contributed by atoms with Crippen LogP contribution >= 0.6 is 0 Å². The molecular weight excluding hydrogens is 962 g/mol. The van der Waals surface area contributed by atoms with Gasteiger partial charge in [-0.15, -0.1) is 0 Å². The van der Waals surface area contributed by atoms with Crippen LogP contribution in [0.5, 0.6) is 11.5 Å². The number of morpholine rings is 1. The van der Waals surface area contributed by atoms with E-state index >= 15 is 14.0 Å². The predicted molar refractivity (Wildman–Crippen MR) is 277 cm³/mol. The molecule has 14 nitrogen and oxygen atoms in total. The molecule has 6 aromatic rings. The molecule has 390 valence electrons. The van der Waals surface area contributed by atoms with Crippen molar-refractivity contribution in [3.05, 3.63) is 153 Å². The van der Waals surface area contributed by atoms with Crippen molar-refractivity contribution >= 4 is 29.1 Å². The highest BCUT2D eigenvalue weighted by Gasteiger charge is 2.36. The Labute approximate surface area is 434 Å². The highest BCUT2D eigenvalue weighted by molar-refractivity contribution is 6.13. The van der Waals surface area contributed by atoms with Gasteiger partial charge >= 0.3 is 6.55 Å². The Morgan fingerprint density at radius 1 is 0.840 bits per heavy atom. The number of amides is 3. The highest BCUT2D eigenvalue weighted by atomic mass is 19.3. The Kier molecular flexibility index (Phi) is 14.9. The van der Waals surface area contributed by atoms with E-state index in [0.717, 1.165) is 55.7 Å². The first kappa shape index (κ1) is 51.1. The lowest BCUT2D eigenvalue weighted by atomic mass is 9.89. The van der Waals surface area contributed by atoms with Gasteiger partial charge in [-0.2, -0.15) is 14.0 Å². The van der Waals surface area contributed by atoms with Gasteiger partial charge in [0.25, 0.3) is 11.8 Å². The van der Waals surface area contributed by atoms with Gasteiger partial charge in [-0.25, -0.2) is 4.39 Å². The van der Waals surface area contributed by atoms with E-state index in [1.54, 1.807) is 30.0 Å². The van der Waals surface area contributed by atoms with Gasteiger partial charge in [0.2, 0.25) is 5.91 Å². The number of hydrogen-bond donors (Lipinski definition) is 1. The molecule has 3 amide bonds. The van der Waals surface area contributed by atoms with Crippen LogP contribution in [0.4, 0.5) is 24.5 Å². The smallest absolute Gasteiger partial charge is 0.319 e. The molecule has 1 N–H and O–H groups in total. The fraction of sp³-hybridized carbons (Fsp3) is 0.379. The molecule has 6 heterocycles. The summed E-state index contributed by atoms with van der Waals surface area (Å²) < 4.78 is 58.2. The Morgan fingerprint density at radius 2 is 1.59 bits per heavy atom. The summed E-state index contributed by atoms with van der Waals surface area (Å²) in [4.78, 5) is 54.6. The molecule has 17 heteroatoms. The monoisotopic (exact) mass is 1020 g/mol. The van der Waals surface area contributed by atoms with Crippen molar-refractivity contribution in [1.29, 1.82) is 5.26 Å². The van der Waals surface area contributed by atoms with E-state index in [1.807, 2.05) is 46.8 Å². The Balaban J connectivity index is 0.998. The van der Waals surface area contributed by atoms with Crippen molar-refractivity contribution in [3.8, 4) is 28.8 Å². The fourth-order valence-corrected chi connectivity index (χ4v) is 11.2. The van der Waals surface area contributed by atoms with Crippen LogP contribution in [0.3, 0.4) is 0 Å². The summed E-state index contributed by atoms with van der Waals surface area (Å²) >= 11 is 0. The minimum absolute atomic E-state index is 0.0122. The molecule has 2 saturated heterocycles. The van der Waals surface area contributed by atoms with Crippen LogP contribution in [0.2, 0.25) is 0 Å². The van der Waals surface area contributed by atoms with Crippen LogP contribution in [-0.4, -0.2) is 123 Å². The lowest BCUT2D eigenvalue weighted by Gasteiger charge is -2.39. The number of aromatic hydroxyl groups is 1. The quantitative estimate of drug-likeness (QED) is 0.114. The SMILES string of the molecule is Cc1c(C(=O)N(c2ccc(O)cc2)c2cc(C#N)n(C(F)F)c2C)cc(-c2cc3c(cc2C(=O)N2Cc4ccccc4C[C@H]2CN2CCCC2)CN(C(=O)Cc2ccc(OCCN4CCOCC4)cc2F)CC3)n1C. The maximum absolute atomic E-state index is 15.7. The van der Waals surface area contributed by atoms with Gasteiger partial charge in [0, 0.05) is 98.9 Å². The first-order valence-corrected chi connectivity index (χ1v) is 25.7. The summed E-state index contributed by atoms with van der Waals surface area (Å²) in [7, 11) is 1.81. The molecule has 0 bridgehead atoms. The number of fused-ring (bicyclic) bond motifs is 2. The van der Waals surface area contributed by atoms with Crippen LogP contribution in [0, 0.1) is 31.0 Å². The lowest BCUT2D eigenvalue weighted by molar-refractivity contribution is -0.131. The topological polar surface area (TPSA) is 140 Å². The van der Waals surface area contributed by atoms with Gasteiger partial charge in [-0.05, 0) is 135 Å². The number of benzene rings is 4. The number of carbonyl (C=O) groups excluding carboxylic acids is 3. The molecule has 0 unspecified atom stereocenters. The molecule has 4 aromatic carbocycles. The molecular formula is C58H61F3N8O6. The lowest BCUT2D eigenvalue weighted by Crippen LogP contribution is -2.49. The summed E-state index contributed by atoms with van der Waals surface area (Å²) in [5, 5.41) is 20.1. The van der Waals surface area contributed by atoms with Gasteiger partial charge in [-0.3, -0.25) is 28.8 Å². The largest absolute Gasteiger partial charge is 0.508 e. The van der Waals surface area contributed by atoms with E-state index in [9.17, 15) is 23.9 Å². The molecule has 0 spiro atoms. The summed E-state index contributed by atoms with van der Waals surface area (Å²) in [5.41, 5.74) is 6.48. The number of hydrogen-bond acceptors (Lipinski definition) is 9. The normalized spacial score (nSPS) is 17.0. The van der Waals surface area contributed by atoms with Crippen LogP contribution < -0.4 is 9.64 Å².